The highest BCUT2D eigenvalue weighted by Crippen LogP contribution is 2.64. The van der Waals surface area contributed by atoms with Gasteiger partial charge >= 0.3 is 0 Å². The summed E-state index contributed by atoms with van der Waals surface area (Å²) < 4.78 is 1.06. The molecule has 46 heavy (non-hydrogen) atoms. The standard InChI is InChI=1S/C44H34BrN/c1-3-12-30(13-4-2)31-22-26-33(27-23-31)46(34-28-24-32(45)25-29-34)42-21-11-20-41-43(42)37-16-7-10-19-40(37)44(41)38-17-8-5-14-35(38)36-15-6-9-18-39(36)44/h3,5-29H,4H2,1-2H3/b12-3-,30-13+. The van der Waals surface area contributed by atoms with Crippen LogP contribution in [0.1, 0.15) is 48.1 Å². The van der Waals surface area contributed by atoms with Crippen LogP contribution in [-0.4, -0.2) is 0 Å². The molecular weight excluding hydrogens is 622 g/mol. The minimum absolute atomic E-state index is 0.378. The summed E-state index contributed by atoms with van der Waals surface area (Å²) in [5.41, 5.74) is 16.1. The first kappa shape index (κ1) is 28.5. The zero-order valence-corrected chi connectivity index (χ0v) is 27.6. The fourth-order valence-corrected chi connectivity index (χ4v) is 8.08. The molecule has 2 aliphatic rings. The molecule has 0 aromatic heterocycles. The van der Waals surface area contributed by atoms with E-state index in [1.54, 1.807) is 0 Å². The average molecular weight is 657 g/mol. The van der Waals surface area contributed by atoms with Crippen molar-refractivity contribution in [2.24, 2.45) is 0 Å². The number of fused-ring (bicyclic) bond motifs is 10. The van der Waals surface area contributed by atoms with Crippen LogP contribution in [0.3, 0.4) is 0 Å². The quantitative estimate of drug-likeness (QED) is 0.161. The number of anilines is 3. The van der Waals surface area contributed by atoms with E-state index in [9.17, 15) is 0 Å². The molecule has 0 saturated carbocycles. The largest absolute Gasteiger partial charge is 0.310 e. The third kappa shape index (κ3) is 4.21. The van der Waals surface area contributed by atoms with Gasteiger partial charge in [0.2, 0.25) is 0 Å². The molecule has 0 fully saturated rings. The minimum Gasteiger partial charge on any atom is -0.310 e. The lowest BCUT2D eigenvalue weighted by Crippen LogP contribution is -2.26. The van der Waals surface area contributed by atoms with E-state index in [1.807, 2.05) is 0 Å². The van der Waals surface area contributed by atoms with E-state index in [1.165, 1.54) is 61.3 Å². The lowest BCUT2D eigenvalue weighted by atomic mass is 9.70. The van der Waals surface area contributed by atoms with Crippen LogP contribution in [0.5, 0.6) is 0 Å². The van der Waals surface area contributed by atoms with Gasteiger partial charge in [0.05, 0.1) is 11.1 Å². The third-order valence-electron chi connectivity index (χ3n) is 9.55. The number of hydrogen-bond donors (Lipinski definition) is 0. The van der Waals surface area contributed by atoms with Gasteiger partial charge in [-0.25, -0.2) is 0 Å². The van der Waals surface area contributed by atoms with E-state index >= 15 is 0 Å². The summed E-state index contributed by atoms with van der Waals surface area (Å²) in [5, 5.41) is 0. The molecule has 0 saturated heterocycles. The number of allylic oxidation sites excluding steroid dienone is 4. The number of rotatable bonds is 6. The summed E-state index contributed by atoms with van der Waals surface area (Å²) >= 11 is 3.67. The summed E-state index contributed by atoms with van der Waals surface area (Å²) in [6, 6.07) is 51.7. The number of halogens is 1. The molecule has 1 spiro atoms. The Bertz CT molecular complexity index is 2110. The van der Waals surface area contributed by atoms with Crippen molar-refractivity contribution in [2.75, 3.05) is 4.90 Å². The molecule has 222 valence electrons. The van der Waals surface area contributed by atoms with Crippen molar-refractivity contribution in [2.45, 2.75) is 25.7 Å². The van der Waals surface area contributed by atoms with E-state index < -0.39 is 0 Å². The smallest absolute Gasteiger partial charge is 0.0726 e. The van der Waals surface area contributed by atoms with Gasteiger partial charge in [-0.05, 0) is 106 Å². The van der Waals surface area contributed by atoms with E-state index in [2.05, 4.69) is 192 Å². The zero-order chi connectivity index (χ0) is 31.3. The second-order valence-electron chi connectivity index (χ2n) is 12.0. The van der Waals surface area contributed by atoms with Crippen molar-refractivity contribution in [1.29, 1.82) is 0 Å². The lowest BCUT2D eigenvalue weighted by Gasteiger charge is -2.31. The van der Waals surface area contributed by atoms with Crippen molar-refractivity contribution in [3.8, 4) is 22.3 Å². The molecule has 0 heterocycles. The summed E-state index contributed by atoms with van der Waals surface area (Å²) in [4.78, 5) is 2.43. The van der Waals surface area contributed by atoms with Crippen LogP contribution in [0.15, 0.2) is 162 Å². The van der Waals surface area contributed by atoms with Gasteiger partial charge in [0.15, 0.2) is 0 Å². The van der Waals surface area contributed by atoms with Gasteiger partial charge in [-0.15, -0.1) is 0 Å². The van der Waals surface area contributed by atoms with E-state index in [0.29, 0.717) is 0 Å². The minimum atomic E-state index is -0.378. The van der Waals surface area contributed by atoms with E-state index in [-0.39, 0.29) is 5.41 Å². The average Bonchev–Trinajstić information content (AvgIpc) is 3.57. The van der Waals surface area contributed by atoms with Crippen molar-refractivity contribution in [3.63, 3.8) is 0 Å². The second kappa shape index (κ2) is 11.5. The Kier molecular flexibility index (Phi) is 7.11. The molecule has 0 bridgehead atoms. The van der Waals surface area contributed by atoms with Gasteiger partial charge in [0.25, 0.3) is 0 Å². The summed E-state index contributed by atoms with van der Waals surface area (Å²) in [5.74, 6) is 0. The van der Waals surface area contributed by atoms with Crippen molar-refractivity contribution in [1.82, 2.24) is 0 Å². The van der Waals surface area contributed by atoms with Gasteiger partial charge in [0.1, 0.15) is 0 Å². The molecule has 0 atom stereocenters. The first-order valence-corrected chi connectivity index (χ1v) is 16.9. The summed E-state index contributed by atoms with van der Waals surface area (Å²) in [7, 11) is 0. The van der Waals surface area contributed by atoms with Crippen LogP contribution in [-0.2, 0) is 5.41 Å². The molecule has 8 rings (SSSR count). The Hall–Kier alpha value is -4.92. The van der Waals surface area contributed by atoms with Crippen LogP contribution < -0.4 is 4.90 Å². The normalized spacial score (nSPS) is 13.8. The maximum absolute atomic E-state index is 3.67. The molecule has 0 N–H and O–H groups in total. The van der Waals surface area contributed by atoms with Crippen molar-refractivity contribution in [3.05, 3.63) is 190 Å². The first-order valence-electron chi connectivity index (χ1n) is 16.1. The fourth-order valence-electron chi connectivity index (χ4n) is 7.81. The Balaban J connectivity index is 1.40. The predicted octanol–water partition coefficient (Wildman–Crippen LogP) is 12.6. The van der Waals surface area contributed by atoms with E-state index in [4.69, 9.17) is 0 Å². The van der Waals surface area contributed by atoms with Gasteiger partial charge in [0, 0.05) is 21.4 Å². The molecule has 2 heteroatoms. The third-order valence-corrected chi connectivity index (χ3v) is 10.1. The van der Waals surface area contributed by atoms with Crippen LogP contribution in [0.2, 0.25) is 0 Å². The Morgan fingerprint density at radius 2 is 1.13 bits per heavy atom. The monoisotopic (exact) mass is 655 g/mol. The Morgan fingerprint density at radius 3 is 1.72 bits per heavy atom. The fraction of sp³-hybridized carbons (Fsp3) is 0.0909. The Labute approximate surface area is 280 Å². The van der Waals surface area contributed by atoms with Crippen LogP contribution >= 0.6 is 15.9 Å². The SMILES string of the molecule is C/C=C\C(=C/CC)c1ccc(N(c2ccc(Br)cc2)c2cccc3c2-c2ccccc2C32c3ccccc3-c3ccccc32)cc1. The van der Waals surface area contributed by atoms with Gasteiger partial charge in [-0.3, -0.25) is 0 Å². The Morgan fingerprint density at radius 1 is 0.609 bits per heavy atom. The van der Waals surface area contributed by atoms with Gasteiger partial charge in [-0.2, -0.15) is 0 Å². The van der Waals surface area contributed by atoms with Crippen LogP contribution in [0, 0.1) is 0 Å². The highest BCUT2D eigenvalue weighted by Gasteiger charge is 2.52. The highest BCUT2D eigenvalue weighted by atomic mass is 79.9. The van der Waals surface area contributed by atoms with Gasteiger partial charge in [-0.1, -0.05) is 138 Å². The molecule has 0 radical (unpaired) electrons. The van der Waals surface area contributed by atoms with Gasteiger partial charge < -0.3 is 4.90 Å². The molecule has 6 aromatic carbocycles. The molecule has 0 unspecified atom stereocenters. The van der Waals surface area contributed by atoms with Crippen LogP contribution in [0.25, 0.3) is 27.8 Å². The molecule has 0 aliphatic heterocycles. The maximum atomic E-state index is 3.67. The maximum Gasteiger partial charge on any atom is 0.0726 e. The predicted molar refractivity (Wildman–Crippen MR) is 198 cm³/mol. The lowest BCUT2D eigenvalue weighted by molar-refractivity contribution is 0.794. The van der Waals surface area contributed by atoms with Crippen molar-refractivity contribution >= 4 is 38.6 Å². The van der Waals surface area contributed by atoms with Crippen molar-refractivity contribution < 1.29 is 0 Å². The molecular formula is C44H34BrN. The molecule has 6 aromatic rings. The number of hydrogen-bond acceptors (Lipinski definition) is 1. The zero-order valence-electron chi connectivity index (χ0n) is 26.0. The highest BCUT2D eigenvalue weighted by molar-refractivity contribution is 9.10. The summed E-state index contributed by atoms with van der Waals surface area (Å²) in [6.45, 7) is 4.27. The second-order valence-corrected chi connectivity index (χ2v) is 12.9. The molecule has 0 amide bonds. The topological polar surface area (TPSA) is 3.24 Å². The summed E-state index contributed by atoms with van der Waals surface area (Å²) in [6.07, 6.45) is 7.60. The number of nitrogens with zero attached hydrogens (tertiary/aromatic N) is 1. The molecule has 1 nitrogen and oxygen atoms in total. The van der Waals surface area contributed by atoms with Crippen LogP contribution in [0.4, 0.5) is 17.1 Å². The van der Waals surface area contributed by atoms with E-state index in [0.717, 1.165) is 22.3 Å². The molecule has 2 aliphatic carbocycles. The first-order chi connectivity index (χ1) is 22.7. The number of benzene rings is 6.